The SMILES string of the molecule is Brc1ccc2sc3c(-c4ccccn4)nc(-c4ccccc4)nc3c2c1. The molecule has 3 aromatic heterocycles. The molecule has 0 saturated carbocycles. The van der Waals surface area contributed by atoms with Crippen LogP contribution in [0.3, 0.4) is 0 Å². The van der Waals surface area contributed by atoms with Gasteiger partial charge in [-0.05, 0) is 30.3 Å². The molecule has 0 atom stereocenters. The highest BCUT2D eigenvalue weighted by Crippen LogP contribution is 2.39. The summed E-state index contributed by atoms with van der Waals surface area (Å²) >= 11 is 5.29. The van der Waals surface area contributed by atoms with Crippen LogP contribution in [0.1, 0.15) is 0 Å². The lowest BCUT2D eigenvalue weighted by atomic mass is 10.1. The van der Waals surface area contributed by atoms with Crippen molar-refractivity contribution in [3.05, 3.63) is 77.4 Å². The van der Waals surface area contributed by atoms with E-state index in [4.69, 9.17) is 9.97 Å². The Labute approximate surface area is 162 Å². The molecular formula is C21H12BrN3S. The van der Waals surface area contributed by atoms with E-state index in [1.54, 1.807) is 17.5 Å². The van der Waals surface area contributed by atoms with Crippen molar-refractivity contribution in [2.75, 3.05) is 0 Å². The first kappa shape index (κ1) is 15.6. The summed E-state index contributed by atoms with van der Waals surface area (Å²) in [4.78, 5) is 14.3. The number of hydrogen-bond donors (Lipinski definition) is 0. The van der Waals surface area contributed by atoms with Gasteiger partial charge in [-0.1, -0.05) is 52.3 Å². The van der Waals surface area contributed by atoms with Crippen LogP contribution < -0.4 is 0 Å². The van der Waals surface area contributed by atoms with Crippen LogP contribution in [0.25, 0.3) is 43.1 Å². The smallest absolute Gasteiger partial charge is 0.160 e. The average molecular weight is 418 g/mol. The highest BCUT2D eigenvalue weighted by Gasteiger charge is 2.17. The molecule has 0 N–H and O–H groups in total. The minimum absolute atomic E-state index is 0.721. The molecule has 0 aliphatic rings. The molecule has 0 spiro atoms. The number of nitrogens with zero attached hydrogens (tertiary/aromatic N) is 3. The zero-order valence-corrected chi connectivity index (χ0v) is 16.0. The summed E-state index contributed by atoms with van der Waals surface area (Å²) in [6.45, 7) is 0. The van der Waals surface area contributed by atoms with E-state index in [-0.39, 0.29) is 0 Å². The zero-order valence-electron chi connectivity index (χ0n) is 13.6. The molecule has 0 fully saturated rings. The molecule has 5 heteroatoms. The maximum absolute atomic E-state index is 4.91. The predicted octanol–water partition coefficient (Wildman–Crippen LogP) is 6.34. The number of thiophene rings is 1. The van der Waals surface area contributed by atoms with Gasteiger partial charge in [-0.15, -0.1) is 11.3 Å². The lowest BCUT2D eigenvalue weighted by Crippen LogP contribution is -1.94. The molecule has 5 aromatic rings. The van der Waals surface area contributed by atoms with Gasteiger partial charge in [0.1, 0.15) is 5.69 Å². The summed E-state index contributed by atoms with van der Waals surface area (Å²) in [7, 11) is 0. The summed E-state index contributed by atoms with van der Waals surface area (Å²) in [5, 5.41) is 1.14. The molecule has 3 nitrogen and oxygen atoms in total. The van der Waals surface area contributed by atoms with Gasteiger partial charge in [-0.3, -0.25) is 4.98 Å². The van der Waals surface area contributed by atoms with Gasteiger partial charge in [-0.2, -0.15) is 0 Å². The largest absolute Gasteiger partial charge is 0.255 e. The molecule has 0 aliphatic carbocycles. The third-order valence-corrected chi connectivity index (χ3v) is 5.87. The fourth-order valence-electron chi connectivity index (χ4n) is 3.01. The topological polar surface area (TPSA) is 38.7 Å². The van der Waals surface area contributed by atoms with Crippen molar-refractivity contribution in [2.45, 2.75) is 0 Å². The van der Waals surface area contributed by atoms with Crippen molar-refractivity contribution >= 4 is 47.6 Å². The summed E-state index contributed by atoms with van der Waals surface area (Å²) in [6, 6.07) is 22.3. The second kappa shape index (κ2) is 6.27. The van der Waals surface area contributed by atoms with Crippen LogP contribution in [0.4, 0.5) is 0 Å². The van der Waals surface area contributed by atoms with Gasteiger partial charge in [0.2, 0.25) is 0 Å². The number of benzene rings is 2. The first-order valence-electron chi connectivity index (χ1n) is 8.16. The van der Waals surface area contributed by atoms with Gasteiger partial charge in [0, 0.05) is 26.3 Å². The first-order valence-corrected chi connectivity index (χ1v) is 9.77. The number of pyridine rings is 1. The highest BCUT2D eigenvalue weighted by atomic mass is 79.9. The van der Waals surface area contributed by atoms with Crippen molar-refractivity contribution < 1.29 is 0 Å². The van der Waals surface area contributed by atoms with Gasteiger partial charge >= 0.3 is 0 Å². The van der Waals surface area contributed by atoms with Crippen LogP contribution in [0.15, 0.2) is 77.4 Å². The maximum atomic E-state index is 4.91. The van der Waals surface area contributed by atoms with Crippen molar-refractivity contribution in [1.29, 1.82) is 0 Å². The second-order valence-corrected chi connectivity index (χ2v) is 7.86. The van der Waals surface area contributed by atoms with Crippen molar-refractivity contribution in [1.82, 2.24) is 15.0 Å². The molecule has 0 bridgehead atoms. The molecule has 0 aliphatic heterocycles. The number of fused-ring (bicyclic) bond motifs is 3. The highest BCUT2D eigenvalue weighted by molar-refractivity contribution is 9.10. The normalized spacial score (nSPS) is 11.3. The minimum atomic E-state index is 0.721. The number of halogens is 1. The van der Waals surface area contributed by atoms with Crippen molar-refractivity contribution in [3.8, 4) is 22.8 Å². The van der Waals surface area contributed by atoms with E-state index in [1.807, 2.05) is 48.5 Å². The van der Waals surface area contributed by atoms with E-state index < -0.39 is 0 Å². The monoisotopic (exact) mass is 417 g/mol. The Kier molecular flexibility index (Phi) is 3.76. The third-order valence-electron chi connectivity index (χ3n) is 4.21. The Hall–Kier alpha value is -2.63. The standard InChI is InChI=1S/C21H12BrN3S/c22-14-9-10-17-15(12-14)18-20(26-17)19(16-8-4-5-11-23-16)25-21(24-18)13-6-2-1-3-7-13/h1-12H. The Morgan fingerprint density at radius 3 is 2.50 bits per heavy atom. The summed E-state index contributed by atoms with van der Waals surface area (Å²) in [6.07, 6.45) is 1.80. The van der Waals surface area contributed by atoms with Crippen molar-refractivity contribution in [3.63, 3.8) is 0 Å². The van der Waals surface area contributed by atoms with Crippen LogP contribution in [0.5, 0.6) is 0 Å². The van der Waals surface area contributed by atoms with E-state index in [2.05, 4.69) is 39.1 Å². The van der Waals surface area contributed by atoms with E-state index in [9.17, 15) is 0 Å². The lowest BCUT2D eigenvalue weighted by Gasteiger charge is -2.06. The molecule has 3 heterocycles. The Morgan fingerprint density at radius 2 is 1.69 bits per heavy atom. The van der Waals surface area contributed by atoms with Gasteiger partial charge in [0.05, 0.1) is 15.9 Å². The molecule has 0 saturated heterocycles. The van der Waals surface area contributed by atoms with Gasteiger partial charge in [0.25, 0.3) is 0 Å². The Bertz CT molecular complexity index is 1230. The molecule has 0 unspecified atom stereocenters. The van der Waals surface area contributed by atoms with Crippen LogP contribution in [-0.2, 0) is 0 Å². The average Bonchev–Trinajstić information content (AvgIpc) is 3.06. The van der Waals surface area contributed by atoms with Gasteiger partial charge < -0.3 is 0 Å². The molecule has 5 rings (SSSR count). The van der Waals surface area contributed by atoms with Gasteiger partial charge in [-0.25, -0.2) is 9.97 Å². The number of aromatic nitrogens is 3. The molecule has 2 aromatic carbocycles. The third kappa shape index (κ3) is 2.60. The zero-order chi connectivity index (χ0) is 17.5. The molecule has 0 amide bonds. The number of hydrogen-bond acceptors (Lipinski definition) is 4. The summed E-state index contributed by atoms with van der Waals surface area (Å²) in [5.74, 6) is 0.721. The van der Waals surface area contributed by atoms with E-state index >= 15 is 0 Å². The van der Waals surface area contributed by atoms with Crippen LogP contribution in [-0.4, -0.2) is 15.0 Å². The summed E-state index contributed by atoms with van der Waals surface area (Å²) < 4.78 is 3.31. The molecule has 26 heavy (non-hydrogen) atoms. The summed E-state index contributed by atoms with van der Waals surface area (Å²) in [5.41, 5.74) is 3.72. The fraction of sp³-hybridized carbons (Fsp3) is 0. The second-order valence-electron chi connectivity index (χ2n) is 5.90. The molecular weight excluding hydrogens is 406 g/mol. The van der Waals surface area contributed by atoms with E-state index in [0.717, 1.165) is 42.9 Å². The Morgan fingerprint density at radius 1 is 0.846 bits per heavy atom. The van der Waals surface area contributed by atoms with Crippen LogP contribution in [0, 0.1) is 0 Å². The maximum Gasteiger partial charge on any atom is 0.160 e. The van der Waals surface area contributed by atoms with Gasteiger partial charge in [0.15, 0.2) is 5.82 Å². The Balaban J connectivity index is 1.90. The minimum Gasteiger partial charge on any atom is -0.255 e. The van der Waals surface area contributed by atoms with Crippen molar-refractivity contribution in [2.24, 2.45) is 0 Å². The van der Waals surface area contributed by atoms with E-state index in [0.29, 0.717) is 0 Å². The molecule has 0 radical (unpaired) electrons. The van der Waals surface area contributed by atoms with E-state index in [1.165, 1.54) is 4.70 Å². The predicted molar refractivity (Wildman–Crippen MR) is 111 cm³/mol. The number of rotatable bonds is 2. The quantitative estimate of drug-likeness (QED) is 0.336. The van der Waals surface area contributed by atoms with Crippen LogP contribution >= 0.6 is 27.3 Å². The molecule has 124 valence electrons. The lowest BCUT2D eigenvalue weighted by molar-refractivity contribution is 1.21. The fourth-order valence-corrected chi connectivity index (χ4v) is 4.49. The first-order chi connectivity index (χ1) is 12.8. The van der Waals surface area contributed by atoms with Crippen LogP contribution in [0.2, 0.25) is 0 Å².